The van der Waals surface area contributed by atoms with E-state index in [2.05, 4.69) is 14.9 Å². The molecule has 2 N–H and O–H groups in total. The van der Waals surface area contributed by atoms with Crippen LogP contribution in [-0.2, 0) is 4.79 Å². The van der Waals surface area contributed by atoms with E-state index in [9.17, 15) is 4.79 Å². The molecule has 1 unspecified atom stereocenters. The predicted octanol–water partition coefficient (Wildman–Crippen LogP) is 0.921. The molecule has 0 saturated carbocycles. The maximum Gasteiger partial charge on any atom is 0.240 e. The number of aromatic nitrogens is 2. The van der Waals surface area contributed by atoms with Gasteiger partial charge in [0.1, 0.15) is 24.0 Å². The Labute approximate surface area is 119 Å². The van der Waals surface area contributed by atoms with Crippen molar-refractivity contribution in [1.82, 2.24) is 9.97 Å². The summed E-state index contributed by atoms with van der Waals surface area (Å²) in [5, 5.41) is 0. The number of primary amides is 1. The highest BCUT2D eigenvalue weighted by Crippen LogP contribution is 2.26. The van der Waals surface area contributed by atoms with Gasteiger partial charge in [0.05, 0.1) is 0 Å². The van der Waals surface area contributed by atoms with Gasteiger partial charge in [-0.05, 0) is 32.1 Å². The maximum atomic E-state index is 11.6. The maximum absolute atomic E-state index is 11.6. The highest BCUT2D eigenvalue weighted by molar-refractivity contribution is 5.83. The molecule has 108 valence electrons. The van der Waals surface area contributed by atoms with Gasteiger partial charge >= 0.3 is 0 Å². The van der Waals surface area contributed by atoms with E-state index < -0.39 is 0 Å². The number of anilines is 2. The normalized spacial score (nSPS) is 23.1. The molecule has 2 aliphatic heterocycles. The van der Waals surface area contributed by atoms with Crippen molar-refractivity contribution in [2.24, 2.45) is 5.73 Å². The van der Waals surface area contributed by atoms with Crippen molar-refractivity contribution in [3.8, 4) is 0 Å². The summed E-state index contributed by atoms with van der Waals surface area (Å²) in [7, 11) is 0. The van der Waals surface area contributed by atoms with Crippen LogP contribution in [0.25, 0.3) is 0 Å². The van der Waals surface area contributed by atoms with Crippen LogP contribution in [0.3, 0.4) is 0 Å². The lowest BCUT2D eigenvalue weighted by Crippen LogP contribution is -2.48. The molecule has 0 radical (unpaired) electrons. The number of piperidine rings is 1. The topological polar surface area (TPSA) is 75.4 Å². The Bertz CT molecular complexity index is 486. The Morgan fingerprint density at radius 2 is 1.80 bits per heavy atom. The van der Waals surface area contributed by atoms with Crippen LogP contribution < -0.4 is 15.5 Å². The average Bonchev–Trinajstić information content (AvgIpc) is 3.01. The van der Waals surface area contributed by atoms with Gasteiger partial charge in [-0.3, -0.25) is 4.79 Å². The smallest absolute Gasteiger partial charge is 0.240 e. The van der Waals surface area contributed by atoms with E-state index in [1.165, 1.54) is 12.8 Å². The van der Waals surface area contributed by atoms with Gasteiger partial charge in [-0.2, -0.15) is 0 Å². The molecule has 2 fully saturated rings. The van der Waals surface area contributed by atoms with Gasteiger partial charge < -0.3 is 15.5 Å². The minimum atomic E-state index is -0.258. The number of nitrogens with two attached hydrogens (primary N) is 1. The zero-order valence-electron chi connectivity index (χ0n) is 11.7. The first-order valence-electron chi connectivity index (χ1n) is 7.38. The van der Waals surface area contributed by atoms with Crippen LogP contribution in [0.5, 0.6) is 0 Å². The molecule has 2 saturated heterocycles. The van der Waals surface area contributed by atoms with Crippen LogP contribution in [0.1, 0.15) is 32.1 Å². The van der Waals surface area contributed by atoms with Gasteiger partial charge in [0, 0.05) is 25.7 Å². The lowest BCUT2D eigenvalue weighted by Gasteiger charge is -2.34. The Hall–Kier alpha value is -1.85. The molecule has 6 heteroatoms. The fraction of sp³-hybridized carbons (Fsp3) is 0.643. The fourth-order valence-electron chi connectivity index (χ4n) is 3.11. The fourth-order valence-corrected chi connectivity index (χ4v) is 3.11. The third kappa shape index (κ3) is 2.55. The van der Waals surface area contributed by atoms with Gasteiger partial charge in [-0.15, -0.1) is 0 Å². The van der Waals surface area contributed by atoms with Crippen LogP contribution >= 0.6 is 0 Å². The van der Waals surface area contributed by atoms with Crippen molar-refractivity contribution in [3.05, 3.63) is 12.4 Å². The SMILES string of the molecule is NC(=O)C1CCCCN1c1cc(N2CCCC2)ncn1. The zero-order valence-corrected chi connectivity index (χ0v) is 11.7. The molecule has 6 nitrogen and oxygen atoms in total. The molecule has 1 aromatic heterocycles. The monoisotopic (exact) mass is 275 g/mol. The van der Waals surface area contributed by atoms with Crippen LogP contribution in [0, 0.1) is 0 Å². The first kappa shape index (κ1) is 13.1. The molecule has 20 heavy (non-hydrogen) atoms. The lowest BCUT2D eigenvalue weighted by molar-refractivity contribution is -0.119. The molecule has 0 aliphatic carbocycles. The second-order valence-electron chi connectivity index (χ2n) is 5.54. The molecule has 2 aliphatic rings. The number of carbonyl (C=O) groups is 1. The highest BCUT2D eigenvalue weighted by atomic mass is 16.1. The molecule has 0 spiro atoms. The third-order valence-electron chi connectivity index (χ3n) is 4.19. The van der Waals surface area contributed by atoms with E-state index in [0.29, 0.717) is 0 Å². The summed E-state index contributed by atoms with van der Waals surface area (Å²) in [4.78, 5) is 24.6. The predicted molar refractivity (Wildman–Crippen MR) is 77.7 cm³/mol. The Balaban J connectivity index is 1.84. The number of hydrogen-bond donors (Lipinski definition) is 1. The van der Waals surface area contributed by atoms with Crippen molar-refractivity contribution < 1.29 is 4.79 Å². The van der Waals surface area contributed by atoms with Gasteiger partial charge in [0.2, 0.25) is 5.91 Å². The number of hydrogen-bond acceptors (Lipinski definition) is 5. The molecule has 1 aromatic rings. The van der Waals surface area contributed by atoms with Crippen LogP contribution in [0.15, 0.2) is 12.4 Å². The molecule has 3 rings (SSSR count). The number of amides is 1. The van der Waals surface area contributed by atoms with E-state index in [0.717, 1.165) is 50.5 Å². The molecular weight excluding hydrogens is 254 g/mol. The van der Waals surface area contributed by atoms with Gasteiger partial charge in [0.15, 0.2) is 0 Å². The molecule has 1 amide bonds. The first-order valence-corrected chi connectivity index (χ1v) is 7.38. The quantitative estimate of drug-likeness (QED) is 0.888. The molecule has 0 aromatic carbocycles. The van der Waals surface area contributed by atoms with Crippen LogP contribution in [-0.4, -0.2) is 41.6 Å². The van der Waals surface area contributed by atoms with Gasteiger partial charge in [-0.25, -0.2) is 9.97 Å². The average molecular weight is 275 g/mol. The highest BCUT2D eigenvalue weighted by Gasteiger charge is 2.28. The van der Waals surface area contributed by atoms with Crippen molar-refractivity contribution in [1.29, 1.82) is 0 Å². The van der Waals surface area contributed by atoms with E-state index in [-0.39, 0.29) is 11.9 Å². The largest absolute Gasteiger partial charge is 0.368 e. The van der Waals surface area contributed by atoms with E-state index in [1.807, 2.05) is 11.0 Å². The van der Waals surface area contributed by atoms with E-state index in [4.69, 9.17) is 5.73 Å². The minimum absolute atomic E-state index is 0.231. The van der Waals surface area contributed by atoms with Gasteiger partial charge in [0.25, 0.3) is 0 Å². The Morgan fingerprint density at radius 3 is 2.55 bits per heavy atom. The molecular formula is C14H21N5O. The number of rotatable bonds is 3. The van der Waals surface area contributed by atoms with E-state index >= 15 is 0 Å². The number of carbonyl (C=O) groups excluding carboxylic acids is 1. The summed E-state index contributed by atoms with van der Waals surface area (Å²) in [6, 6.07) is 1.76. The lowest BCUT2D eigenvalue weighted by atomic mass is 10.0. The van der Waals surface area contributed by atoms with Crippen LogP contribution in [0.2, 0.25) is 0 Å². The van der Waals surface area contributed by atoms with Crippen molar-refractivity contribution in [2.75, 3.05) is 29.4 Å². The number of nitrogens with zero attached hydrogens (tertiary/aromatic N) is 4. The molecule has 3 heterocycles. The zero-order chi connectivity index (χ0) is 13.9. The minimum Gasteiger partial charge on any atom is -0.368 e. The molecule has 1 atom stereocenters. The Morgan fingerprint density at radius 1 is 1.10 bits per heavy atom. The second kappa shape index (κ2) is 5.64. The summed E-state index contributed by atoms with van der Waals surface area (Å²) in [6.45, 7) is 2.94. The first-order chi connectivity index (χ1) is 9.75. The summed E-state index contributed by atoms with van der Waals surface area (Å²) in [5.74, 6) is 1.53. The second-order valence-corrected chi connectivity index (χ2v) is 5.54. The molecule has 0 bridgehead atoms. The van der Waals surface area contributed by atoms with Gasteiger partial charge in [-0.1, -0.05) is 0 Å². The summed E-state index contributed by atoms with van der Waals surface area (Å²) < 4.78 is 0. The third-order valence-corrected chi connectivity index (χ3v) is 4.19. The standard InChI is InChI=1S/C14H21N5O/c15-14(20)11-5-1-2-8-19(11)13-9-12(16-10-17-13)18-6-3-4-7-18/h9-11H,1-8H2,(H2,15,20). The Kier molecular flexibility index (Phi) is 3.71. The van der Waals surface area contributed by atoms with Crippen molar-refractivity contribution >= 4 is 17.5 Å². The summed E-state index contributed by atoms with van der Waals surface area (Å²) >= 11 is 0. The van der Waals surface area contributed by atoms with E-state index in [1.54, 1.807) is 6.33 Å². The van der Waals surface area contributed by atoms with Crippen molar-refractivity contribution in [3.63, 3.8) is 0 Å². The summed E-state index contributed by atoms with van der Waals surface area (Å²) in [6.07, 6.45) is 6.97. The summed E-state index contributed by atoms with van der Waals surface area (Å²) in [5.41, 5.74) is 5.52. The van der Waals surface area contributed by atoms with Crippen LogP contribution in [0.4, 0.5) is 11.6 Å². The van der Waals surface area contributed by atoms with Crippen molar-refractivity contribution in [2.45, 2.75) is 38.1 Å².